The third-order valence-electron chi connectivity index (χ3n) is 8.24. The number of pyridine rings is 2. The van der Waals surface area contributed by atoms with Gasteiger partial charge in [-0.05, 0) is 86.6 Å². The summed E-state index contributed by atoms with van der Waals surface area (Å²) in [5, 5.41) is 3.42. The number of halogens is 2. The zero-order valence-corrected chi connectivity index (χ0v) is 24.2. The number of piperidine rings is 1. The quantitative estimate of drug-likeness (QED) is 0.468. The molecule has 0 aliphatic carbocycles. The summed E-state index contributed by atoms with van der Waals surface area (Å²) in [5.41, 5.74) is 2.07. The van der Waals surface area contributed by atoms with Crippen molar-refractivity contribution in [1.29, 1.82) is 0 Å². The monoisotopic (exact) mass is 560 g/mol. The minimum Gasteiger partial charge on any atom is -0.355 e. The van der Waals surface area contributed by atoms with Crippen molar-refractivity contribution in [2.45, 2.75) is 50.2 Å². The van der Waals surface area contributed by atoms with E-state index in [0.29, 0.717) is 28.5 Å². The van der Waals surface area contributed by atoms with E-state index >= 15 is 0 Å². The lowest BCUT2D eigenvalue weighted by Crippen LogP contribution is -2.60. The summed E-state index contributed by atoms with van der Waals surface area (Å²) in [5.74, 6) is 0.304. The van der Waals surface area contributed by atoms with Gasteiger partial charge in [-0.15, -0.1) is 0 Å². The van der Waals surface area contributed by atoms with E-state index in [1.807, 2.05) is 12.1 Å². The lowest BCUT2D eigenvalue weighted by Gasteiger charge is -2.49. The topological polar surface area (TPSA) is 64.6 Å². The molecule has 11 heteroatoms. The third-order valence-corrected chi connectivity index (χ3v) is 8.59. The molecule has 0 spiro atoms. The average Bonchev–Trinajstić information content (AvgIpc) is 3.06. The first-order valence-corrected chi connectivity index (χ1v) is 14.5. The number of rotatable bonds is 6. The van der Waals surface area contributed by atoms with Crippen LogP contribution in [0.5, 0.6) is 0 Å². The Hall–Kier alpha value is -2.94. The van der Waals surface area contributed by atoms with Crippen LogP contribution in [0.15, 0.2) is 60.9 Å². The number of nitrogens with zero attached hydrogens (tertiary/aromatic N) is 5. The zero-order valence-electron chi connectivity index (χ0n) is 23.5. The first-order valence-electron chi connectivity index (χ1n) is 14.1. The minimum atomic E-state index is -0.297. The molecular formula is C29H36B2ClFN6O. The third kappa shape index (κ3) is 6.67. The van der Waals surface area contributed by atoms with E-state index < -0.39 is 0 Å². The Kier molecular flexibility index (Phi) is 8.78. The maximum atomic E-state index is 13.5. The van der Waals surface area contributed by atoms with Crippen LogP contribution >= 0.6 is 11.6 Å². The number of aromatic nitrogens is 2. The molecule has 2 fully saturated rings. The molecule has 2 aliphatic rings. The van der Waals surface area contributed by atoms with Gasteiger partial charge in [0.05, 0.1) is 0 Å². The number of hydrogen-bond donors (Lipinski definition) is 1. The van der Waals surface area contributed by atoms with E-state index in [0.717, 1.165) is 63.4 Å². The van der Waals surface area contributed by atoms with Crippen LogP contribution in [0.3, 0.4) is 0 Å². The smallest absolute Gasteiger partial charge is 0.274 e. The highest BCUT2D eigenvalue weighted by molar-refractivity contribution is 6.40. The van der Waals surface area contributed by atoms with Gasteiger partial charge in [0, 0.05) is 54.8 Å². The first kappa shape index (κ1) is 28.6. The fraction of sp³-hybridized carbons (Fsp3) is 0.414. The largest absolute Gasteiger partial charge is 0.355 e. The van der Waals surface area contributed by atoms with Crippen molar-refractivity contribution in [1.82, 2.24) is 19.8 Å². The number of nitrogens with one attached hydrogen (secondary N) is 1. The molecule has 5 rings (SSSR count). The van der Waals surface area contributed by atoms with Crippen molar-refractivity contribution < 1.29 is 9.18 Å². The highest BCUT2D eigenvalue weighted by Crippen LogP contribution is 2.31. The van der Waals surface area contributed by atoms with Crippen LogP contribution in [0.25, 0.3) is 0 Å². The van der Waals surface area contributed by atoms with E-state index in [-0.39, 0.29) is 17.1 Å². The molecule has 40 heavy (non-hydrogen) atoms. The predicted octanol–water partition coefficient (Wildman–Crippen LogP) is 3.01. The molecule has 0 radical (unpaired) electrons. The van der Waals surface area contributed by atoms with Gasteiger partial charge in [-0.1, -0.05) is 23.7 Å². The summed E-state index contributed by atoms with van der Waals surface area (Å²) in [6, 6.07) is 14.7. The lowest BCUT2D eigenvalue weighted by molar-refractivity contribution is 0.0576. The van der Waals surface area contributed by atoms with Crippen LogP contribution < -0.4 is 10.2 Å². The molecular weight excluding hydrogens is 524 g/mol. The normalized spacial score (nSPS) is 20.7. The van der Waals surface area contributed by atoms with Crippen LogP contribution in [0.1, 0.15) is 42.2 Å². The van der Waals surface area contributed by atoms with Crippen LogP contribution in [0.4, 0.5) is 15.9 Å². The second kappa shape index (κ2) is 12.3. The van der Waals surface area contributed by atoms with Crippen molar-refractivity contribution in [3.05, 3.63) is 83.0 Å². The maximum Gasteiger partial charge on any atom is 0.274 e. The second-order valence-corrected chi connectivity index (χ2v) is 12.0. The van der Waals surface area contributed by atoms with Crippen molar-refractivity contribution in [2.24, 2.45) is 0 Å². The fourth-order valence-corrected chi connectivity index (χ4v) is 6.52. The van der Waals surface area contributed by atoms with E-state index in [9.17, 15) is 9.18 Å². The summed E-state index contributed by atoms with van der Waals surface area (Å²) in [6.07, 6.45) is 6.45. The van der Waals surface area contributed by atoms with Crippen LogP contribution in [-0.2, 0) is 6.54 Å². The summed E-state index contributed by atoms with van der Waals surface area (Å²) in [4.78, 5) is 29.1. The first-order chi connectivity index (χ1) is 19.2. The molecule has 0 bridgehead atoms. The second-order valence-electron chi connectivity index (χ2n) is 11.6. The SMILES string of the molecule is BC1(B)CCN(c2cccc(C(=O)Nc3ccncc3)n2)CC(C)N1C1CCN(Cc2ccc(F)cc2Cl)CC1. The molecule has 3 aromatic rings. The Morgan fingerprint density at radius 2 is 1.88 bits per heavy atom. The Bertz CT molecular complexity index is 1320. The van der Waals surface area contributed by atoms with Crippen LogP contribution in [-0.4, -0.2) is 85.0 Å². The van der Waals surface area contributed by atoms with Crippen molar-refractivity contribution >= 4 is 44.7 Å². The molecule has 4 heterocycles. The van der Waals surface area contributed by atoms with Gasteiger partial charge in [-0.2, -0.15) is 0 Å². The molecule has 2 aliphatic heterocycles. The number of carbonyl (C=O) groups is 1. The lowest BCUT2D eigenvalue weighted by atomic mass is 9.58. The summed E-state index contributed by atoms with van der Waals surface area (Å²) < 4.78 is 13.5. The summed E-state index contributed by atoms with van der Waals surface area (Å²) in [7, 11) is 4.70. The molecule has 7 nitrogen and oxygen atoms in total. The van der Waals surface area contributed by atoms with Crippen LogP contribution in [0, 0.1) is 5.82 Å². The molecule has 1 atom stereocenters. The number of anilines is 2. The van der Waals surface area contributed by atoms with E-state index in [1.54, 1.807) is 36.7 Å². The molecule has 1 aromatic carbocycles. The number of benzene rings is 1. The standard InChI is InChI=1S/C29H36B2ClFN6O/c1-20-18-38(27-4-2-3-26(36-27)28(40)35-23-7-12-34-13-8-23)16-11-29(30,31)39(20)24-9-14-37(15-10-24)19-21-5-6-22(33)17-25(21)32/h2-8,12-13,17,20,24H,9-11,14-16,18-19,30-31H2,1H3,(H,34,35,40). The Labute approximate surface area is 242 Å². The van der Waals surface area contributed by atoms with Gasteiger partial charge in [-0.25, -0.2) is 9.37 Å². The highest BCUT2D eigenvalue weighted by Gasteiger charge is 2.40. The molecule has 1 N–H and O–H groups in total. The average molecular weight is 561 g/mol. The van der Waals surface area contributed by atoms with Crippen molar-refractivity contribution in [3.63, 3.8) is 0 Å². The van der Waals surface area contributed by atoms with Gasteiger partial charge in [0.2, 0.25) is 0 Å². The van der Waals surface area contributed by atoms with Gasteiger partial charge in [0.1, 0.15) is 33.0 Å². The number of hydrogen-bond acceptors (Lipinski definition) is 6. The molecule has 2 saturated heterocycles. The van der Waals surface area contributed by atoms with Crippen molar-refractivity contribution in [3.8, 4) is 0 Å². The van der Waals surface area contributed by atoms with E-state index in [1.165, 1.54) is 12.1 Å². The van der Waals surface area contributed by atoms with Gasteiger partial charge in [0.15, 0.2) is 0 Å². The van der Waals surface area contributed by atoms with Gasteiger partial charge < -0.3 is 15.1 Å². The van der Waals surface area contributed by atoms with Gasteiger partial charge in [0.25, 0.3) is 5.91 Å². The number of amides is 1. The summed E-state index contributed by atoms with van der Waals surface area (Å²) >= 11 is 6.29. The number of carbonyl (C=O) groups excluding carboxylic acids is 1. The minimum absolute atomic E-state index is 0.0254. The van der Waals surface area contributed by atoms with E-state index in [4.69, 9.17) is 16.6 Å². The van der Waals surface area contributed by atoms with Crippen LogP contribution in [0.2, 0.25) is 5.02 Å². The Balaban J connectivity index is 1.23. The molecule has 0 saturated carbocycles. The fourth-order valence-electron chi connectivity index (χ4n) is 6.30. The highest BCUT2D eigenvalue weighted by atomic mass is 35.5. The van der Waals surface area contributed by atoms with E-state index in [2.05, 4.69) is 47.6 Å². The molecule has 1 unspecified atom stereocenters. The zero-order chi connectivity index (χ0) is 28.3. The Morgan fingerprint density at radius 3 is 2.60 bits per heavy atom. The molecule has 1 amide bonds. The maximum absolute atomic E-state index is 13.5. The van der Waals surface area contributed by atoms with Gasteiger partial charge in [-0.3, -0.25) is 14.7 Å². The summed E-state index contributed by atoms with van der Waals surface area (Å²) in [6.45, 7) is 6.74. The van der Waals surface area contributed by atoms with Crippen molar-refractivity contribution in [2.75, 3.05) is 36.4 Å². The van der Waals surface area contributed by atoms with Gasteiger partial charge >= 0.3 is 0 Å². The predicted molar refractivity (Wildman–Crippen MR) is 164 cm³/mol. The number of likely N-dealkylation sites (tertiary alicyclic amines) is 1. The molecule has 208 valence electrons. The Morgan fingerprint density at radius 1 is 1.12 bits per heavy atom. The molecule has 2 aromatic heterocycles.